The first-order chi connectivity index (χ1) is 7.20. The highest BCUT2D eigenvalue weighted by Gasteiger charge is 2.16. The molecule has 0 rings (SSSR count). The molecule has 0 unspecified atom stereocenters. The molecule has 0 saturated heterocycles. The van der Waals surface area contributed by atoms with Gasteiger partial charge in [-0.25, -0.2) is 0 Å². The van der Waals surface area contributed by atoms with Gasteiger partial charge in [-0.15, -0.1) is 0 Å². The zero-order chi connectivity index (χ0) is 12.8. The zero-order valence-electron chi connectivity index (χ0n) is 12.6. The van der Waals surface area contributed by atoms with Crippen LogP contribution in [-0.2, 0) is 0 Å². The van der Waals surface area contributed by atoms with Crippen LogP contribution in [0.2, 0.25) is 0 Å². The lowest BCUT2D eigenvalue weighted by molar-refractivity contribution is 0.175. The fraction of sp³-hybridized carbons (Fsp3) is 1.00. The molecule has 0 bridgehead atoms. The van der Waals surface area contributed by atoms with Gasteiger partial charge in [0.05, 0.1) is 0 Å². The molecule has 0 aliphatic heterocycles. The van der Waals surface area contributed by atoms with Gasteiger partial charge in [0.1, 0.15) is 0 Å². The molecule has 0 aromatic rings. The summed E-state index contributed by atoms with van der Waals surface area (Å²) in [6, 6.07) is 0. The van der Waals surface area contributed by atoms with Crippen LogP contribution >= 0.6 is 0 Å². The van der Waals surface area contributed by atoms with Crippen LogP contribution in [-0.4, -0.2) is 24.5 Å². The predicted octanol–water partition coefficient (Wildman–Crippen LogP) is 4.43. The molecule has 0 aliphatic rings. The second-order valence-corrected chi connectivity index (χ2v) is 7.20. The Hall–Kier alpha value is -0.0400. The minimum atomic E-state index is 0.425. The highest BCUT2D eigenvalue weighted by atomic mass is 15.1. The molecule has 0 saturated carbocycles. The summed E-state index contributed by atoms with van der Waals surface area (Å²) in [6.07, 6.45) is 2.66. The van der Waals surface area contributed by atoms with E-state index < -0.39 is 0 Å². The monoisotopic (exact) mass is 227 g/mol. The van der Waals surface area contributed by atoms with Gasteiger partial charge in [-0.2, -0.15) is 0 Å². The zero-order valence-corrected chi connectivity index (χ0v) is 12.6. The van der Waals surface area contributed by atoms with Crippen LogP contribution in [0.25, 0.3) is 0 Å². The molecule has 0 radical (unpaired) electrons. The maximum Gasteiger partial charge on any atom is 0.00300 e. The Kier molecular flexibility index (Phi) is 7.30. The molecule has 0 aromatic heterocycles. The minimum Gasteiger partial charge on any atom is -0.303 e. The number of nitrogens with zero attached hydrogens (tertiary/aromatic N) is 1. The van der Waals surface area contributed by atoms with Crippen molar-refractivity contribution in [1.82, 2.24) is 4.90 Å². The van der Waals surface area contributed by atoms with E-state index in [-0.39, 0.29) is 0 Å². The summed E-state index contributed by atoms with van der Waals surface area (Å²) < 4.78 is 0. The van der Waals surface area contributed by atoms with Crippen LogP contribution in [0.1, 0.15) is 61.3 Å². The minimum absolute atomic E-state index is 0.425. The first-order valence-electron chi connectivity index (χ1n) is 6.93. The van der Waals surface area contributed by atoms with Gasteiger partial charge in [0.15, 0.2) is 0 Å². The normalized spacial score (nSPS) is 13.1. The predicted molar refractivity (Wildman–Crippen MR) is 74.8 cm³/mol. The summed E-state index contributed by atoms with van der Waals surface area (Å²) >= 11 is 0. The van der Waals surface area contributed by atoms with Crippen molar-refractivity contribution >= 4 is 0 Å². The van der Waals surface area contributed by atoms with E-state index in [9.17, 15) is 0 Å². The van der Waals surface area contributed by atoms with E-state index in [4.69, 9.17) is 0 Å². The Bertz CT molecular complexity index is 153. The van der Waals surface area contributed by atoms with Crippen LogP contribution < -0.4 is 0 Å². The van der Waals surface area contributed by atoms with Crippen molar-refractivity contribution in [3.8, 4) is 0 Å². The topological polar surface area (TPSA) is 3.24 Å². The molecule has 0 fully saturated rings. The van der Waals surface area contributed by atoms with E-state index >= 15 is 0 Å². The fourth-order valence-corrected chi connectivity index (χ4v) is 1.82. The lowest BCUT2D eigenvalue weighted by Crippen LogP contribution is -2.35. The van der Waals surface area contributed by atoms with Crippen LogP contribution in [0.15, 0.2) is 0 Å². The molecule has 0 aliphatic carbocycles. The molecule has 16 heavy (non-hydrogen) atoms. The van der Waals surface area contributed by atoms with E-state index in [1.807, 2.05) is 0 Å². The highest BCUT2D eigenvalue weighted by molar-refractivity contribution is 4.70. The van der Waals surface area contributed by atoms with Crippen LogP contribution in [0.5, 0.6) is 0 Å². The van der Waals surface area contributed by atoms with E-state index in [0.29, 0.717) is 5.41 Å². The van der Waals surface area contributed by atoms with Crippen molar-refractivity contribution in [3.63, 3.8) is 0 Å². The van der Waals surface area contributed by atoms with Crippen molar-refractivity contribution < 1.29 is 0 Å². The fourth-order valence-electron chi connectivity index (χ4n) is 1.82. The van der Waals surface area contributed by atoms with Gasteiger partial charge in [0.2, 0.25) is 0 Å². The third kappa shape index (κ3) is 10.5. The van der Waals surface area contributed by atoms with Crippen molar-refractivity contribution in [1.29, 1.82) is 0 Å². The molecule has 0 atom stereocenters. The molecule has 0 spiro atoms. The van der Waals surface area contributed by atoms with Gasteiger partial charge in [-0.05, 0) is 43.2 Å². The van der Waals surface area contributed by atoms with E-state index in [1.54, 1.807) is 0 Å². The lowest BCUT2D eigenvalue weighted by atomic mass is 9.95. The van der Waals surface area contributed by atoms with E-state index in [1.165, 1.54) is 32.5 Å². The Labute approximate surface area is 104 Å². The van der Waals surface area contributed by atoms with Gasteiger partial charge >= 0.3 is 0 Å². The average molecular weight is 227 g/mol. The molecule has 1 heteroatoms. The smallest absolute Gasteiger partial charge is 0.00300 e. The molecule has 98 valence electrons. The Balaban J connectivity index is 4.05. The molecular formula is C15H33N. The lowest BCUT2D eigenvalue weighted by Gasteiger charge is -2.31. The molecule has 1 nitrogen and oxygen atoms in total. The first-order valence-corrected chi connectivity index (χ1v) is 6.93. The standard InChI is InChI=1S/C15H33N/c1-13(2)8-10-16(11-9-14(3)4)12-15(5,6)7/h13-14H,8-12H2,1-7H3. The Morgan fingerprint density at radius 2 is 1.19 bits per heavy atom. The summed E-state index contributed by atoms with van der Waals surface area (Å²) in [5.41, 5.74) is 0.425. The third-order valence-corrected chi connectivity index (χ3v) is 2.74. The largest absolute Gasteiger partial charge is 0.303 e. The molecule has 0 aromatic carbocycles. The number of rotatable bonds is 7. The summed E-state index contributed by atoms with van der Waals surface area (Å²) in [5, 5.41) is 0. The number of hydrogen-bond donors (Lipinski definition) is 0. The second kappa shape index (κ2) is 7.32. The maximum absolute atomic E-state index is 2.65. The van der Waals surface area contributed by atoms with Crippen molar-refractivity contribution in [2.24, 2.45) is 17.3 Å². The van der Waals surface area contributed by atoms with Crippen LogP contribution in [0.3, 0.4) is 0 Å². The third-order valence-electron chi connectivity index (χ3n) is 2.74. The van der Waals surface area contributed by atoms with Crippen LogP contribution in [0.4, 0.5) is 0 Å². The molecular weight excluding hydrogens is 194 g/mol. The molecule has 0 heterocycles. The Morgan fingerprint density at radius 1 is 0.812 bits per heavy atom. The first kappa shape index (κ1) is 16.0. The van der Waals surface area contributed by atoms with Gasteiger partial charge < -0.3 is 4.90 Å². The Morgan fingerprint density at radius 3 is 1.44 bits per heavy atom. The molecule has 0 N–H and O–H groups in total. The van der Waals surface area contributed by atoms with Crippen LogP contribution in [0, 0.1) is 17.3 Å². The van der Waals surface area contributed by atoms with Crippen molar-refractivity contribution in [3.05, 3.63) is 0 Å². The quantitative estimate of drug-likeness (QED) is 0.622. The summed E-state index contributed by atoms with van der Waals surface area (Å²) in [7, 11) is 0. The van der Waals surface area contributed by atoms with E-state index in [0.717, 1.165) is 11.8 Å². The van der Waals surface area contributed by atoms with E-state index in [2.05, 4.69) is 53.4 Å². The average Bonchev–Trinajstić information content (AvgIpc) is 2.07. The summed E-state index contributed by atoms with van der Waals surface area (Å²) in [4.78, 5) is 2.65. The number of hydrogen-bond acceptors (Lipinski definition) is 1. The summed E-state index contributed by atoms with van der Waals surface area (Å²) in [6.45, 7) is 20.0. The van der Waals surface area contributed by atoms with Gasteiger partial charge in [-0.1, -0.05) is 48.5 Å². The highest BCUT2D eigenvalue weighted by Crippen LogP contribution is 2.17. The van der Waals surface area contributed by atoms with Gasteiger partial charge in [0, 0.05) is 6.54 Å². The van der Waals surface area contributed by atoms with Gasteiger partial charge in [-0.3, -0.25) is 0 Å². The van der Waals surface area contributed by atoms with Gasteiger partial charge in [0.25, 0.3) is 0 Å². The van der Waals surface area contributed by atoms with Crippen molar-refractivity contribution in [2.45, 2.75) is 61.3 Å². The maximum atomic E-state index is 2.65. The SMILES string of the molecule is CC(C)CCN(CCC(C)C)CC(C)(C)C. The van der Waals surface area contributed by atoms with Crippen molar-refractivity contribution in [2.75, 3.05) is 19.6 Å². The second-order valence-electron chi connectivity index (χ2n) is 7.20. The molecule has 0 amide bonds. The summed E-state index contributed by atoms with van der Waals surface area (Å²) in [5.74, 6) is 1.64.